The molecule has 4 rings (SSSR count). The van der Waals surface area contributed by atoms with Gasteiger partial charge in [0.2, 0.25) is 5.13 Å². The molecular formula is C12H12N6S2. The highest BCUT2D eigenvalue weighted by Gasteiger charge is 2.29. The number of thiophene rings is 1. The number of rotatable bonds is 3. The second kappa shape index (κ2) is 4.64. The molecule has 0 unspecified atom stereocenters. The van der Waals surface area contributed by atoms with E-state index < -0.39 is 0 Å². The summed E-state index contributed by atoms with van der Waals surface area (Å²) in [6.07, 6.45) is 1.64. The Kier molecular flexibility index (Phi) is 2.78. The Labute approximate surface area is 123 Å². The summed E-state index contributed by atoms with van der Waals surface area (Å²) in [6, 6.07) is 2.44. The van der Waals surface area contributed by atoms with Crippen LogP contribution < -0.4 is 10.2 Å². The zero-order chi connectivity index (χ0) is 13.5. The minimum Gasteiger partial charge on any atom is -0.354 e. The van der Waals surface area contributed by atoms with Gasteiger partial charge in [0.1, 0.15) is 18.0 Å². The fourth-order valence-electron chi connectivity index (χ4n) is 2.27. The normalized spacial score (nSPS) is 15.6. The molecule has 3 aromatic rings. The maximum atomic E-state index is 4.42. The summed E-state index contributed by atoms with van der Waals surface area (Å²) < 4.78 is 5.34. The van der Waals surface area contributed by atoms with E-state index in [4.69, 9.17) is 0 Å². The van der Waals surface area contributed by atoms with Crippen molar-refractivity contribution in [1.29, 1.82) is 0 Å². The van der Waals surface area contributed by atoms with Crippen molar-refractivity contribution in [3.63, 3.8) is 0 Å². The zero-order valence-corrected chi connectivity index (χ0v) is 12.4. The first-order chi connectivity index (χ1) is 9.79. The number of hydrogen-bond donors (Lipinski definition) is 1. The van der Waals surface area contributed by atoms with E-state index in [9.17, 15) is 0 Å². The molecule has 20 heavy (non-hydrogen) atoms. The third-order valence-electron chi connectivity index (χ3n) is 3.26. The van der Waals surface area contributed by atoms with Crippen LogP contribution in [0.3, 0.4) is 0 Å². The van der Waals surface area contributed by atoms with E-state index in [0.29, 0.717) is 6.04 Å². The minimum atomic E-state index is 0.410. The van der Waals surface area contributed by atoms with Crippen LogP contribution in [-0.4, -0.2) is 38.5 Å². The van der Waals surface area contributed by atoms with Crippen molar-refractivity contribution in [2.45, 2.75) is 13.0 Å². The average Bonchev–Trinajstić information content (AvgIpc) is 3.01. The van der Waals surface area contributed by atoms with Crippen molar-refractivity contribution in [3.8, 4) is 0 Å². The molecule has 0 atom stereocenters. The summed E-state index contributed by atoms with van der Waals surface area (Å²) in [6.45, 7) is 3.77. The van der Waals surface area contributed by atoms with Crippen molar-refractivity contribution in [2.75, 3.05) is 23.3 Å². The number of hydrogen-bond acceptors (Lipinski definition) is 8. The monoisotopic (exact) mass is 304 g/mol. The van der Waals surface area contributed by atoms with Gasteiger partial charge in [0.05, 0.1) is 16.3 Å². The molecule has 1 aliphatic heterocycles. The highest BCUT2D eigenvalue weighted by atomic mass is 32.1. The number of nitrogens with one attached hydrogen (secondary N) is 1. The summed E-state index contributed by atoms with van der Waals surface area (Å²) in [5.41, 5.74) is 1.02. The molecular weight excluding hydrogens is 292 g/mol. The topological polar surface area (TPSA) is 66.8 Å². The van der Waals surface area contributed by atoms with Crippen molar-refractivity contribution < 1.29 is 0 Å². The number of fused-ring (bicyclic) bond motifs is 1. The standard InChI is InChI=1S/C12H12N6S2/c1-7-15-12(20-17-7)16-8-4-18(5-8)11-10-9(2-3-19-10)13-6-14-11/h2-3,6,8H,4-5H2,1H3,(H,15,16,17). The lowest BCUT2D eigenvalue weighted by molar-refractivity contribution is 0.546. The summed E-state index contributed by atoms with van der Waals surface area (Å²) in [5.74, 6) is 1.86. The van der Waals surface area contributed by atoms with Gasteiger partial charge in [-0.15, -0.1) is 11.3 Å². The van der Waals surface area contributed by atoms with Gasteiger partial charge in [-0.2, -0.15) is 4.37 Å². The van der Waals surface area contributed by atoms with Gasteiger partial charge in [-0.1, -0.05) is 0 Å². The van der Waals surface area contributed by atoms with E-state index in [1.54, 1.807) is 17.7 Å². The maximum absolute atomic E-state index is 4.42. The molecule has 0 spiro atoms. The Balaban J connectivity index is 1.47. The lowest BCUT2D eigenvalue weighted by Crippen LogP contribution is -2.55. The van der Waals surface area contributed by atoms with E-state index in [1.165, 1.54) is 11.5 Å². The van der Waals surface area contributed by atoms with Gasteiger partial charge in [0.25, 0.3) is 0 Å². The zero-order valence-electron chi connectivity index (χ0n) is 10.8. The molecule has 1 N–H and O–H groups in total. The lowest BCUT2D eigenvalue weighted by Gasteiger charge is -2.40. The first kappa shape index (κ1) is 12.0. The van der Waals surface area contributed by atoms with Gasteiger partial charge in [-0.3, -0.25) is 0 Å². The van der Waals surface area contributed by atoms with Crippen LogP contribution in [0.2, 0.25) is 0 Å². The van der Waals surface area contributed by atoms with Crippen molar-refractivity contribution >= 4 is 44.0 Å². The van der Waals surface area contributed by atoms with Gasteiger partial charge >= 0.3 is 0 Å². The van der Waals surface area contributed by atoms with E-state index >= 15 is 0 Å². The molecule has 1 fully saturated rings. The lowest BCUT2D eigenvalue weighted by atomic mass is 10.1. The predicted molar refractivity (Wildman–Crippen MR) is 81.7 cm³/mol. The van der Waals surface area contributed by atoms with E-state index in [-0.39, 0.29) is 0 Å². The Morgan fingerprint density at radius 3 is 3.05 bits per heavy atom. The Hall–Kier alpha value is -1.80. The molecule has 0 aromatic carbocycles. The first-order valence-electron chi connectivity index (χ1n) is 6.29. The van der Waals surface area contributed by atoms with Gasteiger partial charge in [-0.25, -0.2) is 15.0 Å². The fourth-order valence-corrected chi connectivity index (χ4v) is 3.79. The van der Waals surface area contributed by atoms with Gasteiger partial charge in [0.15, 0.2) is 0 Å². The number of anilines is 2. The summed E-state index contributed by atoms with van der Waals surface area (Å²) in [4.78, 5) is 15.3. The Morgan fingerprint density at radius 2 is 2.25 bits per heavy atom. The molecule has 0 radical (unpaired) electrons. The van der Waals surface area contributed by atoms with Gasteiger partial charge in [0, 0.05) is 24.6 Å². The molecule has 0 saturated carbocycles. The molecule has 6 nitrogen and oxygen atoms in total. The van der Waals surface area contributed by atoms with E-state index in [2.05, 4.69) is 34.9 Å². The number of nitrogens with zero attached hydrogens (tertiary/aromatic N) is 5. The molecule has 102 valence electrons. The van der Waals surface area contributed by atoms with Crippen LogP contribution in [0.1, 0.15) is 5.82 Å². The van der Waals surface area contributed by atoms with Crippen LogP contribution >= 0.6 is 22.9 Å². The average molecular weight is 304 g/mol. The summed E-state index contributed by atoms with van der Waals surface area (Å²) in [7, 11) is 0. The quantitative estimate of drug-likeness (QED) is 0.800. The Bertz CT molecular complexity index is 745. The van der Waals surface area contributed by atoms with Crippen LogP contribution in [0.4, 0.5) is 10.9 Å². The van der Waals surface area contributed by atoms with E-state index in [1.807, 2.05) is 13.0 Å². The fraction of sp³-hybridized carbons (Fsp3) is 0.333. The first-order valence-corrected chi connectivity index (χ1v) is 7.95. The molecule has 0 aliphatic carbocycles. The SMILES string of the molecule is Cc1nsc(NC2CN(c3ncnc4ccsc34)C2)n1. The summed E-state index contributed by atoms with van der Waals surface area (Å²) >= 11 is 3.11. The molecule has 1 aliphatic rings. The third-order valence-corrected chi connectivity index (χ3v) is 4.90. The molecule has 8 heteroatoms. The van der Waals surface area contributed by atoms with Gasteiger partial charge < -0.3 is 10.2 Å². The van der Waals surface area contributed by atoms with Crippen molar-refractivity contribution in [2.24, 2.45) is 0 Å². The molecule has 0 amide bonds. The van der Waals surface area contributed by atoms with Gasteiger partial charge in [-0.05, 0) is 18.4 Å². The van der Waals surface area contributed by atoms with Crippen LogP contribution in [0.5, 0.6) is 0 Å². The number of aromatic nitrogens is 4. The van der Waals surface area contributed by atoms with Crippen molar-refractivity contribution in [1.82, 2.24) is 19.3 Å². The molecule has 3 aromatic heterocycles. The Morgan fingerprint density at radius 1 is 1.35 bits per heavy atom. The van der Waals surface area contributed by atoms with Crippen molar-refractivity contribution in [3.05, 3.63) is 23.6 Å². The second-order valence-electron chi connectivity index (χ2n) is 4.73. The number of aryl methyl sites for hydroxylation is 1. The summed E-state index contributed by atoms with van der Waals surface area (Å²) in [5, 5.41) is 6.36. The van der Waals surface area contributed by atoms with E-state index in [0.717, 1.165) is 40.1 Å². The van der Waals surface area contributed by atoms with Crippen LogP contribution in [-0.2, 0) is 0 Å². The second-order valence-corrected chi connectivity index (χ2v) is 6.39. The predicted octanol–water partition coefficient (Wildman–Crippen LogP) is 2.15. The molecule has 4 heterocycles. The van der Waals surface area contributed by atoms with Crippen LogP contribution in [0, 0.1) is 6.92 Å². The minimum absolute atomic E-state index is 0.410. The molecule has 1 saturated heterocycles. The van der Waals surface area contributed by atoms with Crippen LogP contribution in [0.25, 0.3) is 10.2 Å². The highest BCUT2D eigenvalue weighted by molar-refractivity contribution is 7.17. The smallest absolute Gasteiger partial charge is 0.202 e. The molecule has 0 bridgehead atoms. The highest BCUT2D eigenvalue weighted by Crippen LogP contribution is 2.31. The third kappa shape index (κ3) is 2.01. The largest absolute Gasteiger partial charge is 0.354 e. The maximum Gasteiger partial charge on any atom is 0.202 e. The van der Waals surface area contributed by atoms with Crippen LogP contribution in [0.15, 0.2) is 17.8 Å².